The van der Waals surface area contributed by atoms with Gasteiger partial charge in [-0.3, -0.25) is 19.7 Å². The highest BCUT2D eigenvalue weighted by Gasteiger charge is 2.32. The molecule has 0 bridgehead atoms. The molecule has 0 aromatic heterocycles. The van der Waals surface area contributed by atoms with E-state index in [9.17, 15) is 19.7 Å². The minimum absolute atomic E-state index is 0.0232. The number of amides is 2. The van der Waals surface area contributed by atoms with Gasteiger partial charge in [0, 0.05) is 29.7 Å². The van der Waals surface area contributed by atoms with E-state index < -0.39 is 16.9 Å². The number of carbonyl (C=O) groups excluding carboxylic acids is 2. The van der Waals surface area contributed by atoms with Gasteiger partial charge in [-0.2, -0.15) is 0 Å². The Bertz CT molecular complexity index is 838. The largest absolute Gasteiger partial charge is 0.347 e. The topological polar surface area (TPSA) is 92.6 Å². The molecule has 25 heavy (non-hydrogen) atoms. The van der Waals surface area contributed by atoms with Gasteiger partial charge in [0.1, 0.15) is 5.56 Å². The fourth-order valence-corrected chi connectivity index (χ4v) is 2.89. The number of nitro benzene ring substituents is 1. The standard InChI is InChI=1S/C17H14ClN3O4/c18-11-5-7-13(8-6-11)20-10-12(9-16(20)22)19-17(23)14-3-1-2-4-15(14)21(24)25/h1-8,12H,9-10H2,(H,19,23)/t12-/m1/s1. The molecule has 1 fully saturated rings. The maximum atomic E-state index is 12.4. The summed E-state index contributed by atoms with van der Waals surface area (Å²) in [6.45, 7) is 0.298. The predicted molar refractivity (Wildman–Crippen MR) is 92.8 cm³/mol. The van der Waals surface area contributed by atoms with Crippen molar-refractivity contribution >= 4 is 34.8 Å². The highest BCUT2D eigenvalue weighted by Crippen LogP contribution is 2.24. The zero-order chi connectivity index (χ0) is 18.0. The summed E-state index contributed by atoms with van der Waals surface area (Å²) in [4.78, 5) is 36.5. The summed E-state index contributed by atoms with van der Waals surface area (Å²) in [6, 6.07) is 12.1. The van der Waals surface area contributed by atoms with Crippen molar-refractivity contribution in [2.75, 3.05) is 11.4 Å². The summed E-state index contributed by atoms with van der Waals surface area (Å²) in [5.74, 6) is -0.696. The van der Waals surface area contributed by atoms with Gasteiger partial charge in [0.05, 0.1) is 11.0 Å². The van der Waals surface area contributed by atoms with Crippen LogP contribution in [0.3, 0.4) is 0 Å². The van der Waals surface area contributed by atoms with Crippen molar-refractivity contribution in [2.45, 2.75) is 12.5 Å². The van der Waals surface area contributed by atoms with Crippen LogP contribution in [0.25, 0.3) is 0 Å². The molecule has 0 aliphatic carbocycles. The molecule has 2 amide bonds. The zero-order valence-electron chi connectivity index (χ0n) is 13.0. The lowest BCUT2D eigenvalue weighted by Crippen LogP contribution is -2.37. The number of benzene rings is 2. The van der Waals surface area contributed by atoms with Crippen LogP contribution in [0, 0.1) is 10.1 Å². The summed E-state index contributed by atoms with van der Waals surface area (Å²) in [5, 5.41) is 14.3. The summed E-state index contributed by atoms with van der Waals surface area (Å²) < 4.78 is 0. The fraction of sp³-hybridized carbons (Fsp3) is 0.176. The fourth-order valence-electron chi connectivity index (χ4n) is 2.76. The SMILES string of the molecule is O=C(N[C@@H]1CC(=O)N(c2ccc(Cl)cc2)C1)c1ccccc1[N+](=O)[O-]. The number of hydrogen-bond acceptors (Lipinski definition) is 4. The third kappa shape index (κ3) is 3.61. The summed E-state index contributed by atoms with van der Waals surface area (Å²) in [6.07, 6.45) is 0.134. The number of nitrogens with zero attached hydrogens (tertiary/aromatic N) is 2. The summed E-state index contributed by atoms with van der Waals surface area (Å²) in [5.41, 5.74) is 0.403. The molecule has 1 atom stereocenters. The van der Waals surface area contributed by atoms with Gasteiger partial charge in [-0.05, 0) is 30.3 Å². The summed E-state index contributed by atoms with van der Waals surface area (Å²) in [7, 11) is 0. The summed E-state index contributed by atoms with van der Waals surface area (Å²) >= 11 is 5.84. The number of hydrogen-bond donors (Lipinski definition) is 1. The number of rotatable bonds is 4. The normalized spacial score (nSPS) is 16.8. The van der Waals surface area contributed by atoms with Gasteiger partial charge >= 0.3 is 0 Å². The number of carbonyl (C=O) groups is 2. The molecule has 3 rings (SSSR count). The smallest absolute Gasteiger partial charge is 0.282 e. The molecule has 1 aliphatic rings. The first-order valence-corrected chi connectivity index (χ1v) is 7.93. The van der Waals surface area contributed by atoms with Crippen molar-refractivity contribution in [2.24, 2.45) is 0 Å². The molecule has 0 spiro atoms. The molecule has 0 unspecified atom stereocenters. The molecule has 8 heteroatoms. The number of anilines is 1. The second-order valence-electron chi connectivity index (χ2n) is 5.63. The quantitative estimate of drug-likeness (QED) is 0.671. The molecule has 0 saturated carbocycles. The van der Waals surface area contributed by atoms with Gasteiger partial charge in [0.25, 0.3) is 11.6 Å². The lowest BCUT2D eigenvalue weighted by atomic mass is 10.1. The molecule has 1 saturated heterocycles. The average Bonchev–Trinajstić information content (AvgIpc) is 2.95. The first-order chi connectivity index (χ1) is 12.0. The molecule has 2 aromatic carbocycles. The Labute approximate surface area is 148 Å². The molecule has 1 N–H and O–H groups in total. The third-order valence-electron chi connectivity index (χ3n) is 3.94. The van der Waals surface area contributed by atoms with Crippen molar-refractivity contribution in [3.05, 3.63) is 69.2 Å². The van der Waals surface area contributed by atoms with Crippen LogP contribution in [0.5, 0.6) is 0 Å². The van der Waals surface area contributed by atoms with Crippen molar-refractivity contribution in [1.29, 1.82) is 0 Å². The molecule has 2 aromatic rings. The molecular formula is C17H14ClN3O4. The Hall–Kier alpha value is -2.93. The number of halogens is 1. The Morgan fingerprint density at radius 1 is 1.20 bits per heavy atom. The van der Waals surface area contributed by atoms with Crippen molar-refractivity contribution in [3.63, 3.8) is 0 Å². The minimum Gasteiger partial charge on any atom is -0.347 e. The van der Waals surface area contributed by atoms with Crippen LogP contribution in [0.4, 0.5) is 11.4 Å². The van der Waals surface area contributed by atoms with E-state index in [0.29, 0.717) is 17.3 Å². The van der Waals surface area contributed by atoms with Crippen LogP contribution in [0.2, 0.25) is 5.02 Å². The van der Waals surface area contributed by atoms with Gasteiger partial charge in [-0.25, -0.2) is 0 Å². The highest BCUT2D eigenvalue weighted by molar-refractivity contribution is 6.30. The minimum atomic E-state index is -0.602. The first-order valence-electron chi connectivity index (χ1n) is 7.56. The van der Waals surface area contributed by atoms with Gasteiger partial charge in [0.15, 0.2) is 0 Å². The Balaban J connectivity index is 1.72. The maximum Gasteiger partial charge on any atom is 0.282 e. The van der Waals surface area contributed by atoms with Gasteiger partial charge < -0.3 is 10.2 Å². The van der Waals surface area contributed by atoms with E-state index >= 15 is 0 Å². The van der Waals surface area contributed by atoms with Crippen molar-refractivity contribution in [3.8, 4) is 0 Å². The van der Waals surface area contributed by atoms with E-state index in [1.165, 1.54) is 18.2 Å². The van der Waals surface area contributed by atoms with E-state index in [1.807, 2.05) is 0 Å². The van der Waals surface area contributed by atoms with Crippen LogP contribution >= 0.6 is 11.6 Å². The van der Waals surface area contributed by atoms with Crippen LogP contribution in [0.1, 0.15) is 16.8 Å². The lowest BCUT2D eigenvalue weighted by molar-refractivity contribution is -0.385. The number of nitro groups is 1. The predicted octanol–water partition coefficient (Wildman–Crippen LogP) is 2.78. The van der Waals surface area contributed by atoms with Crippen LogP contribution in [0.15, 0.2) is 48.5 Å². The monoisotopic (exact) mass is 359 g/mol. The highest BCUT2D eigenvalue weighted by atomic mass is 35.5. The average molecular weight is 360 g/mol. The second kappa shape index (κ2) is 6.90. The third-order valence-corrected chi connectivity index (χ3v) is 4.20. The van der Waals surface area contributed by atoms with Crippen molar-refractivity contribution in [1.82, 2.24) is 5.32 Å². The van der Waals surface area contributed by atoms with Crippen LogP contribution in [-0.2, 0) is 4.79 Å². The van der Waals surface area contributed by atoms with E-state index in [1.54, 1.807) is 35.2 Å². The van der Waals surface area contributed by atoms with Crippen LogP contribution in [-0.4, -0.2) is 29.3 Å². The first kappa shape index (κ1) is 16.9. The van der Waals surface area contributed by atoms with E-state index in [4.69, 9.17) is 11.6 Å². The van der Waals surface area contributed by atoms with E-state index in [0.717, 1.165) is 0 Å². The van der Waals surface area contributed by atoms with Crippen LogP contribution < -0.4 is 10.2 Å². The van der Waals surface area contributed by atoms with Gasteiger partial charge in [-0.1, -0.05) is 23.7 Å². The molecule has 1 aliphatic heterocycles. The van der Waals surface area contributed by atoms with Crippen molar-refractivity contribution < 1.29 is 14.5 Å². The maximum absolute atomic E-state index is 12.4. The Morgan fingerprint density at radius 2 is 1.88 bits per heavy atom. The number of nitrogens with one attached hydrogen (secondary N) is 1. The van der Waals surface area contributed by atoms with E-state index in [2.05, 4.69) is 5.32 Å². The Morgan fingerprint density at radius 3 is 2.56 bits per heavy atom. The lowest BCUT2D eigenvalue weighted by Gasteiger charge is -2.17. The van der Waals surface area contributed by atoms with Gasteiger partial charge in [-0.15, -0.1) is 0 Å². The Kier molecular flexibility index (Phi) is 4.67. The molecule has 128 valence electrons. The molecule has 7 nitrogen and oxygen atoms in total. The number of para-hydroxylation sites is 1. The molecular weight excluding hydrogens is 346 g/mol. The molecule has 1 heterocycles. The molecule has 0 radical (unpaired) electrons. The van der Waals surface area contributed by atoms with Gasteiger partial charge in [0.2, 0.25) is 5.91 Å². The second-order valence-corrected chi connectivity index (χ2v) is 6.07. The zero-order valence-corrected chi connectivity index (χ0v) is 13.8. The van der Waals surface area contributed by atoms with E-state index in [-0.39, 0.29) is 23.6 Å².